The maximum absolute atomic E-state index is 12.9. The van der Waals surface area contributed by atoms with Crippen LogP contribution in [0.25, 0.3) is 0 Å². The van der Waals surface area contributed by atoms with E-state index in [4.69, 9.17) is 9.15 Å². The highest BCUT2D eigenvalue weighted by Gasteiger charge is 2.61. The normalized spacial score (nSPS) is 36.9. The highest BCUT2D eigenvalue weighted by molar-refractivity contribution is 5.85. The molecular weight excluding hydrogens is 322 g/mol. The van der Waals surface area contributed by atoms with Crippen LogP contribution in [0.1, 0.15) is 51.2 Å². The Morgan fingerprint density at radius 3 is 2.68 bits per heavy atom. The van der Waals surface area contributed by atoms with Gasteiger partial charge in [-0.1, -0.05) is 0 Å². The van der Waals surface area contributed by atoms with Crippen LogP contribution >= 0.6 is 0 Å². The lowest BCUT2D eigenvalue weighted by atomic mass is 9.48. The molecule has 4 fully saturated rings. The fourth-order valence-electron chi connectivity index (χ4n) is 5.52. The number of rotatable bonds is 5. The van der Waals surface area contributed by atoms with Gasteiger partial charge in [0.1, 0.15) is 5.76 Å². The molecule has 4 saturated carbocycles. The minimum absolute atomic E-state index is 0.267. The molecule has 136 valence electrons. The molecule has 6 nitrogen and oxygen atoms in total. The number of carbonyl (C=O) groups is 2. The Morgan fingerprint density at radius 1 is 1.36 bits per heavy atom. The third-order valence-electron chi connectivity index (χ3n) is 6.13. The van der Waals surface area contributed by atoms with Gasteiger partial charge in [-0.25, -0.2) is 0 Å². The molecule has 0 aliphatic heterocycles. The van der Waals surface area contributed by atoms with Gasteiger partial charge in [-0.15, -0.1) is 0 Å². The molecule has 2 N–H and O–H groups in total. The zero-order valence-electron chi connectivity index (χ0n) is 14.5. The Morgan fingerprint density at radius 2 is 2.08 bits per heavy atom. The van der Waals surface area contributed by atoms with E-state index >= 15 is 0 Å². The Labute approximate surface area is 146 Å². The lowest BCUT2D eigenvalue weighted by Gasteiger charge is -2.58. The average Bonchev–Trinajstić information content (AvgIpc) is 3.03. The maximum atomic E-state index is 12.9. The summed E-state index contributed by atoms with van der Waals surface area (Å²) in [7, 11) is 0. The number of nitrogens with one attached hydrogen (secondary N) is 1. The van der Waals surface area contributed by atoms with E-state index in [1.54, 1.807) is 25.3 Å². The van der Waals surface area contributed by atoms with Crippen molar-refractivity contribution in [2.75, 3.05) is 0 Å². The molecule has 0 radical (unpaired) electrons. The SMILES string of the molecule is C[C@@H](OC(=O)C12C[C@@H]3C[C@@H](CC(O)(C3)C1)C2)C(=O)NCc1ccco1. The minimum Gasteiger partial charge on any atom is -0.467 e. The van der Waals surface area contributed by atoms with Gasteiger partial charge in [-0.3, -0.25) is 9.59 Å². The summed E-state index contributed by atoms with van der Waals surface area (Å²) in [6.45, 7) is 1.85. The molecule has 4 aliphatic rings. The molecule has 1 heterocycles. The lowest BCUT2D eigenvalue weighted by Crippen LogP contribution is -2.59. The van der Waals surface area contributed by atoms with Gasteiger partial charge in [0.15, 0.2) is 6.10 Å². The van der Waals surface area contributed by atoms with Crippen molar-refractivity contribution >= 4 is 11.9 Å². The largest absolute Gasteiger partial charge is 0.467 e. The number of esters is 1. The predicted molar refractivity (Wildman–Crippen MR) is 88.2 cm³/mol. The fraction of sp³-hybridized carbons (Fsp3) is 0.684. The van der Waals surface area contributed by atoms with Gasteiger partial charge in [-0.05, 0) is 69.4 Å². The van der Waals surface area contributed by atoms with Gasteiger partial charge in [0.25, 0.3) is 5.91 Å². The summed E-state index contributed by atoms with van der Waals surface area (Å²) >= 11 is 0. The molecule has 25 heavy (non-hydrogen) atoms. The molecular formula is C19H25NO5. The second-order valence-electron chi connectivity index (χ2n) is 8.31. The van der Waals surface area contributed by atoms with Crippen LogP contribution in [-0.2, 0) is 20.9 Å². The van der Waals surface area contributed by atoms with Crippen molar-refractivity contribution in [2.24, 2.45) is 17.3 Å². The molecule has 1 aromatic heterocycles. The molecule has 0 spiro atoms. The first-order valence-electron chi connectivity index (χ1n) is 9.11. The number of hydrogen-bond donors (Lipinski definition) is 2. The predicted octanol–water partition coefficient (Wildman–Crippen LogP) is 2.16. The zero-order chi connectivity index (χ0) is 17.7. The number of furan rings is 1. The highest BCUT2D eigenvalue weighted by Crippen LogP contribution is 2.62. The number of amides is 1. The van der Waals surface area contributed by atoms with E-state index in [0.717, 1.165) is 32.1 Å². The molecule has 1 aromatic rings. The molecule has 4 aliphatic carbocycles. The quantitative estimate of drug-likeness (QED) is 0.797. The van der Waals surface area contributed by atoms with E-state index in [-0.39, 0.29) is 18.4 Å². The molecule has 6 heteroatoms. The number of carbonyl (C=O) groups excluding carboxylic acids is 2. The van der Waals surface area contributed by atoms with Gasteiger partial charge in [0, 0.05) is 0 Å². The molecule has 4 bridgehead atoms. The van der Waals surface area contributed by atoms with Crippen LogP contribution in [0.3, 0.4) is 0 Å². The highest BCUT2D eigenvalue weighted by atomic mass is 16.5. The van der Waals surface area contributed by atoms with E-state index in [1.807, 2.05) is 0 Å². The van der Waals surface area contributed by atoms with Gasteiger partial charge in [0.2, 0.25) is 0 Å². The van der Waals surface area contributed by atoms with Crippen molar-refractivity contribution in [2.45, 2.75) is 63.7 Å². The van der Waals surface area contributed by atoms with Gasteiger partial charge in [-0.2, -0.15) is 0 Å². The Hall–Kier alpha value is -1.82. The second-order valence-corrected chi connectivity index (χ2v) is 8.31. The van der Waals surface area contributed by atoms with Crippen molar-refractivity contribution in [3.05, 3.63) is 24.2 Å². The van der Waals surface area contributed by atoms with E-state index in [9.17, 15) is 14.7 Å². The van der Waals surface area contributed by atoms with Gasteiger partial charge < -0.3 is 19.6 Å². The molecule has 5 atom stereocenters. The van der Waals surface area contributed by atoms with Crippen LogP contribution in [-0.4, -0.2) is 28.7 Å². The molecule has 5 rings (SSSR count). The monoisotopic (exact) mass is 347 g/mol. The summed E-state index contributed by atoms with van der Waals surface area (Å²) in [4.78, 5) is 25.0. The fourth-order valence-corrected chi connectivity index (χ4v) is 5.52. The molecule has 1 amide bonds. The van der Waals surface area contributed by atoms with E-state index in [1.165, 1.54) is 0 Å². The van der Waals surface area contributed by atoms with E-state index in [0.29, 0.717) is 24.0 Å². The van der Waals surface area contributed by atoms with Crippen LogP contribution in [0.4, 0.5) is 0 Å². The van der Waals surface area contributed by atoms with Crippen molar-refractivity contribution in [1.29, 1.82) is 0 Å². The van der Waals surface area contributed by atoms with Crippen molar-refractivity contribution in [3.8, 4) is 0 Å². The Balaban J connectivity index is 1.37. The first kappa shape index (κ1) is 16.6. The summed E-state index contributed by atoms with van der Waals surface area (Å²) < 4.78 is 10.7. The first-order valence-corrected chi connectivity index (χ1v) is 9.11. The third kappa shape index (κ3) is 3.08. The summed E-state index contributed by atoms with van der Waals surface area (Å²) in [6, 6.07) is 3.52. The smallest absolute Gasteiger partial charge is 0.312 e. The van der Waals surface area contributed by atoms with E-state index < -0.39 is 17.1 Å². The summed E-state index contributed by atoms with van der Waals surface area (Å²) in [6.07, 6.45) is 5.45. The van der Waals surface area contributed by atoms with Gasteiger partial charge in [0.05, 0.1) is 23.8 Å². The van der Waals surface area contributed by atoms with Crippen LogP contribution in [0, 0.1) is 17.3 Å². The number of aliphatic hydroxyl groups is 1. The van der Waals surface area contributed by atoms with Crippen LogP contribution in [0.2, 0.25) is 0 Å². The summed E-state index contributed by atoms with van der Waals surface area (Å²) in [5.74, 6) is 0.799. The summed E-state index contributed by atoms with van der Waals surface area (Å²) in [5.41, 5.74) is -1.32. The lowest BCUT2D eigenvalue weighted by molar-refractivity contribution is -0.200. The number of hydrogen-bond acceptors (Lipinski definition) is 5. The van der Waals surface area contributed by atoms with Crippen molar-refractivity contribution in [1.82, 2.24) is 5.32 Å². The topological polar surface area (TPSA) is 88.8 Å². The zero-order valence-corrected chi connectivity index (χ0v) is 14.5. The Kier molecular flexibility index (Phi) is 3.90. The van der Waals surface area contributed by atoms with Crippen molar-refractivity contribution < 1.29 is 23.8 Å². The molecule has 0 aromatic carbocycles. The van der Waals surface area contributed by atoms with Crippen LogP contribution in [0.15, 0.2) is 22.8 Å². The van der Waals surface area contributed by atoms with Crippen molar-refractivity contribution in [3.63, 3.8) is 0 Å². The van der Waals surface area contributed by atoms with Crippen LogP contribution in [0.5, 0.6) is 0 Å². The van der Waals surface area contributed by atoms with E-state index in [2.05, 4.69) is 5.32 Å². The van der Waals surface area contributed by atoms with Gasteiger partial charge >= 0.3 is 5.97 Å². The minimum atomic E-state index is -0.856. The summed E-state index contributed by atoms with van der Waals surface area (Å²) in [5, 5.41) is 13.5. The molecule has 2 unspecified atom stereocenters. The third-order valence-corrected chi connectivity index (χ3v) is 6.13. The average molecular weight is 347 g/mol. The van der Waals surface area contributed by atoms with Crippen LogP contribution < -0.4 is 5.32 Å². The second kappa shape index (κ2) is 5.87. The first-order chi connectivity index (χ1) is 11.9. The molecule has 0 saturated heterocycles. The standard InChI is InChI=1S/C19H25NO5/c1-12(16(21)20-10-15-3-2-4-24-15)25-17(22)18-6-13-5-14(7-18)9-19(23,8-13)11-18/h2-4,12-14,23H,5-11H2,1H3,(H,20,21)/t12-,13-,14+,18?,19?/m1/s1. The number of ether oxygens (including phenoxy) is 1. The Bertz CT molecular complexity index is 653. The maximum Gasteiger partial charge on any atom is 0.312 e.